The molecule has 0 spiro atoms. The van der Waals surface area contributed by atoms with Gasteiger partial charge < -0.3 is 18.9 Å². The van der Waals surface area contributed by atoms with E-state index in [1.54, 1.807) is 0 Å². The minimum atomic E-state index is -0.701. The van der Waals surface area contributed by atoms with E-state index in [0.717, 1.165) is 0 Å². The molecule has 2 saturated heterocycles. The fraction of sp³-hybridized carbons (Fsp3) is 0.917. The van der Waals surface area contributed by atoms with Gasteiger partial charge in [-0.05, 0) is 27.7 Å². The van der Waals surface area contributed by atoms with E-state index in [9.17, 15) is 4.79 Å². The molecule has 0 aliphatic carbocycles. The Balaban J connectivity index is 1.92. The van der Waals surface area contributed by atoms with Crippen molar-refractivity contribution in [2.45, 2.75) is 57.9 Å². The Bertz CT molecular complexity index is 310. The predicted octanol–water partition coefficient (Wildman–Crippen LogP) is 1.25. The molecule has 0 saturated carbocycles. The number of Topliss-reactive ketones (excluding diaryl/α,β-unsaturated/α-hetero) is 1. The topological polar surface area (TPSA) is 54.0 Å². The molecule has 5 heteroatoms. The van der Waals surface area contributed by atoms with Crippen LogP contribution in [0, 0.1) is 0 Å². The molecule has 0 N–H and O–H groups in total. The summed E-state index contributed by atoms with van der Waals surface area (Å²) >= 11 is 0. The van der Waals surface area contributed by atoms with Crippen LogP contribution in [0.3, 0.4) is 0 Å². The summed E-state index contributed by atoms with van der Waals surface area (Å²) in [7, 11) is 0. The van der Waals surface area contributed by atoms with E-state index in [1.807, 2.05) is 27.7 Å². The van der Waals surface area contributed by atoms with Crippen LogP contribution in [0.5, 0.6) is 0 Å². The average Bonchev–Trinajstić information content (AvgIpc) is 2.52. The van der Waals surface area contributed by atoms with Crippen molar-refractivity contribution in [1.82, 2.24) is 0 Å². The third kappa shape index (κ3) is 3.25. The molecule has 5 nitrogen and oxygen atoms in total. The Hall–Kier alpha value is -0.490. The molecule has 2 atom stereocenters. The molecule has 0 radical (unpaired) electrons. The van der Waals surface area contributed by atoms with E-state index in [-0.39, 0.29) is 18.5 Å². The molecule has 0 aromatic rings. The first-order valence-electron chi connectivity index (χ1n) is 5.94. The molecular formula is C12H20O5. The molecular weight excluding hydrogens is 224 g/mol. The highest BCUT2D eigenvalue weighted by molar-refractivity contribution is 5.84. The second-order valence-electron chi connectivity index (χ2n) is 5.45. The lowest BCUT2D eigenvalue weighted by Gasteiger charge is -2.35. The molecule has 0 bridgehead atoms. The van der Waals surface area contributed by atoms with Crippen molar-refractivity contribution in [3.05, 3.63) is 0 Å². The van der Waals surface area contributed by atoms with Gasteiger partial charge in [-0.25, -0.2) is 0 Å². The zero-order chi connectivity index (χ0) is 12.7. The van der Waals surface area contributed by atoms with E-state index < -0.39 is 17.7 Å². The van der Waals surface area contributed by atoms with Crippen LogP contribution < -0.4 is 0 Å². The van der Waals surface area contributed by atoms with Crippen LogP contribution >= 0.6 is 0 Å². The second kappa shape index (κ2) is 4.31. The third-order valence-electron chi connectivity index (χ3n) is 2.89. The molecule has 2 fully saturated rings. The van der Waals surface area contributed by atoms with Crippen LogP contribution in [0.1, 0.15) is 34.1 Å². The molecule has 2 rings (SSSR count). The SMILES string of the molecule is CC1(C)OC[C@@H](C[C@@H]2OC(C)(C)OCC2=O)O1. The third-order valence-corrected chi connectivity index (χ3v) is 2.89. The normalized spacial score (nSPS) is 36.1. The van der Waals surface area contributed by atoms with Gasteiger partial charge in [0.1, 0.15) is 12.7 Å². The lowest BCUT2D eigenvalue weighted by Crippen LogP contribution is -2.47. The van der Waals surface area contributed by atoms with Crippen LogP contribution in [0.2, 0.25) is 0 Å². The standard InChI is InChI=1S/C12H20O5/c1-11(2)14-6-8(16-11)5-10-9(13)7-15-12(3,4)17-10/h8,10H,5-7H2,1-4H3/t8-,10+/m1/s1. The van der Waals surface area contributed by atoms with Gasteiger partial charge in [-0.3, -0.25) is 4.79 Å². The molecule has 0 aromatic heterocycles. The number of hydrogen-bond acceptors (Lipinski definition) is 5. The predicted molar refractivity (Wildman–Crippen MR) is 59.4 cm³/mol. The van der Waals surface area contributed by atoms with Gasteiger partial charge in [0.2, 0.25) is 0 Å². The van der Waals surface area contributed by atoms with Crippen molar-refractivity contribution >= 4 is 5.78 Å². The first-order chi connectivity index (χ1) is 7.77. The molecule has 2 aliphatic rings. The van der Waals surface area contributed by atoms with Crippen LogP contribution in [-0.4, -0.2) is 42.8 Å². The number of rotatable bonds is 2. The smallest absolute Gasteiger partial charge is 0.187 e. The summed E-state index contributed by atoms with van der Waals surface area (Å²) in [5.74, 6) is -1.29. The van der Waals surface area contributed by atoms with E-state index in [2.05, 4.69) is 0 Å². The molecule has 17 heavy (non-hydrogen) atoms. The summed E-state index contributed by atoms with van der Waals surface area (Å²) in [6.07, 6.45) is -0.0243. The Morgan fingerprint density at radius 3 is 2.35 bits per heavy atom. The number of ether oxygens (including phenoxy) is 4. The van der Waals surface area contributed by atoms with Crippen LogP contribution in [0.4, 0.5) is 0 Å². The van der Waals surface area contributed by atoms with E-state index in [0.29, 0.717) is 13.0 Å². The quantitative estimate of drug-likeness (QED) is 0.731. The van der Waals surface area contributed by atoms with Gasteiger partial charge in [0.15, 0.2) is 17.4 Å². The van der Waals surface area contributed by atoms with Crippen LogP contribution in [0.25, 0.3) is 0 Å². The highest BCUT2D eigenvalue weighted by Gasteiger charge is 2.40. The molecule has 0 aromatic carbocycles. The van der Waals surface area contributed by atoms with Crippen molar-refractivity contribution in [2.75, 3.05) is 13.2 Å². The second-order valence-corrected chi connectivity index (χ2v) is 5.45. The average molecular weight is 244 g/mol. The minimum absolute atomic E-state index is 0.0300. The Morgan fingerprint density at radius 2 is 1.76 bits per heavy atom. The lowest BCUT2D eigenvalue weighted by molar-refractivity contribution is -0.262. The van der Waals surface area contributed by atoms with Crippen molar-refractivity contribution in [3.8, 4) is 0 Å². The Kier molecular flexibility index (Phi) is 3.29. The highest BCUT2D eigenvalue weighted by atomic mass is 16.7. The first-order valence-corrected chi connectivity index (χ1v) is 5.94. The van der Waals surface area contributed by atoms with Crippen LogP contribution in [-0.2, 0) is 23.7 Å². The van der Waals surface area contributed by atoms with Crippen LogP contribution in [0.15, 0.2) is 0 Å². The van der Waals surface area contributed by atoms with E-state index in [1.165, 1.54) is 0 Å². The van der Waals surface area contributed by atoms with Gasteiger partial charge in [0, 0.05) is 6.42 Å². The first kappa shape index (κ1) is 13.0. The molecule has 98 valence electrons. The maximum Gasteiger partial charge on any atom is 0.187 e. The highest BCUT2D eigenvalue weighted by Crippen LogP contribution is 2.28. The fourth-order valence-corrected chi connectivity index (χ4v) is 2.08. The van der Waals surface area contributed by atoms with Gasteiger partial charge >= 0.3 is 0 Å². The monoisotopic (exact) mass is 244 g/mol. The molecule has 0 unspecified atom stereocenters. The van der Waals surface area contributed by atoms with Gasteiger partial charge in [-0.15, -0.1) is 0 Å². The van der Waals surface area contributed by atoms with Crippen molar-refractivity contribution in [1.29, 1.82) is 0 Å². The summed E-state index contributed by atoms with van der Waals surface area (Å²) in [6, 6.07) is 0. The largest absolute Gasteiger partial charge is 0.348 e. The molecule has 0 amide bonds. The fourth-order valence-electron chi connectivity index (χ4n) is 2.08. The maximum atomic E-state index is 11.7. The maximum absolute atomic E-state index is 11.7. The zero-order valence-corrected chi connectivity index (χ0v) is 10.8. The van der Waals surface area contributed by atoms with Gasteiger partial charge in [-0.2, -0.15) is 0 Å². The summed E-state index contributed by atoms with van der Waals surface area (Å²) in [4.78, 5) is 11.7. The lowest BCUT2D eigenvalue weighted by atomic mass is 10.1. The van der Waals surface area contributed by atoms with Crippen molar-refractivity contribution in [3.63, 3.8) is 0 Å². The minimum Gasteiger partial charge on any atom is -0.348 e. The Morgan fingerprint density at radius 1 is 1.12 bits per heavy atom. The van der Waals surface area contributed by atoms with E-state index in [4.69, 9.17) is 18.9 Å². The van der Waals surface area contributed by atoms with Gasteiger partial charge in [0.05, 0.1) is 12.7 Å². The zero-order valence-electron chi connectivity index (χ0n) is 10.8. The number of carbonyl (C=O) groups excluding carboxylic acids is 1. The van der Waals surface area contributed by atoms with Crippen molar-refractivity contribution < 1.29 is 23.7 Å². The summed E-state index contributed by atoms with van der Waals surface area (Å²) in [5, 5.41) is 0. The van der Waals surface area contributed by atoms with Crippen molar-refractivity contribution in [2.24, 2.45) is 0 Å². The number of hydrogen-bond donors (Lipinski definition) is 0. The Labute approximate surface area is 101 Å². The summed E-state index contributed by atoms with van der Waals surface area (Å²) in [5.41, 5.74) is 0. The molecule has 2 heterocycles. The number of ketones is 1. The van der Waals surface area contributed by atoms with Gasteiger partial charge in [0.25, 0.3) is 0 Å². The summed E-state index contributed by atoms with van der Waals surface area (Å²) < 4.78 is 22.0. The number of carbonyl (C=O) groups is 1. The van der Waals surface area contributed by atoms with Gasteiger partial charge in [-0.1, -0.05) is 0 Å². The summed E-state index contributed by atoms with van der Waals surface area (Å²) in [6.45, 7) is 7.95. The van der Waals surface area contributed by atoms with E-state index >= 15 is 0 Å². The molecule has 2 aliphatic heterocycles.